The fraction of sp³-hybridized carbons (Fsp3) is 0.400. The minimum Gasteiger partial charge on any atom is -0.394 e. The van der Waals surface area contributed by atoms with Crippen LogP contribution in [0.1, 0.15) is 11.1 Å². The second-order valence-corrected chi connectivity index (χ2v) is 5.06. The van der Waals surface area contributed by atoms with Gasteiger partial charge in [-0.05, 0) is 24.2 Å². The first-order valence-corrected chi connectivity index (χ1v) is 6.70. The van der Waals surface area contributed by atoms with Crippen LogP contribution >= 0.6 is 0 Å². The molecule has 0 aliphatic carbocycles. The molecule has 108 valence electrons. The second-order valence-electron chi connectivity index (χ2n) is 5.06. The van der Waals surface area contributed by atoms with Gasteiger partial charge in [-0.25, -0.2) is 0 Å². The van der Waals surface area contributed by atoms with Gasteiger partial charge >= 0.3 is 0 Å². The molecular weight excluding hydrogens is 254 g/mol. The van der Waals surface area contributed by atoms with Crippen molar-refractivity contribution in [3.63, 3.8) is 0 Å². The van der Waals surface area contributed by atoms with Gasteiger partial charge in [0.15, 0.2) is 0 Å². The lowest BCUT2D eigenvalue weighted by Gasteiger charge is -2.19. The highest BCUT2D eigenvalue weighted by molar-refractivity contribution is 5.23. The number of hydrogen-bond donors (Lipinski definition) is 2. The zero-order valence-corrected chi connectivity index (χ0v) is 11.7. The Kier molecular flexibility index (Phi) is 5.29. The Morgan fingerprint density at radius 1 is 1.30 bits per heavy atom. The summed E-state index contributed by atoms with van der Waals surface area (Å²) < 4.78 is 1.89. The highest BCUT2D eigenvalue weighted by Crippen LogP contribution is 2.09. The van der Waals surface area contributed by atoms with Crippen molar-refractivity contribution in [2.45, 2.75) is 19.2 Å². The Bertz CT molecular complexity index is 514. The average molecular weight is 275 g/mol. The Balaban J connectivity index is 1.95. The molecule has 0 spiro atoms. The monoisotopic (exact) mass is 275 g/mol. The van der Waals surface area contributed by atoms with Gasteiger partial charge in [0.2, 0.25) is 0 Å². The molecule has 2 N–H and O–H groups in total. The molecule has 5 nitrogen and oxygen atoms in total. The van der Waals surface area contributed by atoms with Crippen LogP contribution in [0.4, 0.5) is 0 Å². The molecule has 0 saturated carbocycles. The third-order valence-electron chi connectivity index (χ3n) is 3.08. The summed E-state index contributed by atoms with van der Waals surface area (Å²) in [6, 6.07) is 10.2. The summed E-state index contributed by atoms with van der Waals surface area (Å²) in [6.07, 6.45) is 3.02. The Hall–Kier alpha value is -1.69. The van der Waals surface area contributed by atoms with Gasteiger partial charge < -0.3 is 10.2 Å². The minimum absolute atomic E-state index is 0.205. The number of nitrogens with zero attached hydrogens (tertiary/aromatic N) is 3. The van der Waals surface area contributed by atoms with Crippen LogP contribution in [0.15, 0.2) is 42.7 Å². The molecule has 20 heavy (non-hydrogen) atoms. The van der Waals surface area contributed by atoms with Crippen LogP contribution in [-0.4, -0.2) is 51.2 Å². The zero-order valence-electron chi connectivity index (χ0n) is 11.7. The van der Waals surface area contributed by atoms with Crippen LogP contribution < -0.4 is 0 Å². The lowest BCUT2D eigenvalue weighted by Crippen LogP contribution is -2.30. The zero-order chi connectivity index (χ0) is 14.4. The van der Waals surface area contributed by atoms with Gasteiger partial charge in [-0.2, -0.15) is 5.10 Å². The predicted octanol–water partition coefficient (Wildman–Crippen LogP) is 0.716. The lowest BCUT2D eigenvalue weighted by atomic mass is 10.1. The van der Waals surface area contributed by atoms with Gasteiger partial charge in [0.1, 0.15) is 0 Å². The van der Waals surface area contributed by atoms with E-state index < -0.39 is 6.10 Å². The first-order chi connectivity index (χ1) is 9.67. The molecule has 0 fully saturated rings. The maximum Gasteiger partial charge on any atom is 0.0897 e. The summed E-state index contributed by atoms with van der Waals surface area (Å²) in [6.45, 7) is 1.75. The van der Waals surface area contributed by atoms with E-state index in [-0.39, 0.29) is 6.61 Å². The van der Waals surface area contributed by atoms with Crippen molar-refractivity contribution in [3.8, 4) is 0 Å². The van der Waals surface area contributed by atoms with Gasteiger partial charge in [-0.15, -0.1) is 0 Å². The number of aliphatic hydroxyl groups excluding tert-OH is 2. The van der Waals surface area contributed by atoms with Crippen molar-refractivity contribution in [3.05, 3.63) is 53.9 Å². The number of likely N-dealkylation sites (N-methyl/N-ethyl adjacent to an activating group) is 1. The van der Waals surface area contributed by atoms with Crippen LogP contribution in [-0.2, 0) is 13.1 Å². The van der Waals surface area contributed by atoms with Crippen LogP contribution in [0, 0.1) is 0 Å². The smallest absolute Gasteiger partial charge is 0.0897 e. The normalized spacial score (nSPS) is 12.8. The highest BCUT2D eigenvalue weighted by atomic mass is 16.3. The van der Waals surface area contributed by atoms with Crippen molar-refractivity contribution in [2.75, 3.05) is 20.2 Å². The van der Waals surface area contributed by atoms with Crippen molar-refractivity contribution in [1.82, 2.24) is 14.7 Å². The third-order valence-corrected chi connectivity index (χ3v) is 3.08. The van der Waals surface area contributed by atoms with Crippen molar-refractivity contribution >= 4 is 0 Å². The fourth-order valence-corrected chi connectivity index (χ4v) is 2.20. The Labute approximate surface area is 119 Å². The van der Waals surface area contributed by atoms with Crippen LogP contribution in [0.3, 0.4) is 0 Å². The molecule has 2 rings (SSSR count). The largest absolute Gasteiger partial charge is 0.394 e. The van der Waals surface area contributed by atoms with E-state index in [0.29, 0.717) is 6.54 Å². The van der Waals surface area contributed by atoms with Crippen molar-refractivity contribution < 1.29 is 10.2 Å². The molecule has 0 amide bonds. The topological polar surface area (TPSA) is 61.5 Å². The van der Waals surface area contributed by atoms with Gasteiger partial charge in [-0.1, -0.05) is 24.3 Å². The van der Waals surface area contributed by atoms with Gasteiger partial charge in [-0.3, -0.25) is 9.58 Å². The van der Waals surface area contributed by atoms with Gasteiger partial charge in [0, 0.05) is 25.5 Å². The quantitative estimate of drug-likeness (QED) is 0.781. The minimum atomic E-state index is -0.688. The number of rotatable bonds is 7. The van der Waals surface area contributed by atoms with E-state index in [4.69, 9.17) is 5.11 Å². The maximum atomic E-state index is 9.43. The molecule has 0 bridgehead atoms. The molecule has 1 aromatic carbocycles. The summed E-state index contributed by atoms with van der Waals surface area (Å²) in [5.41, 5.74) is 2.38. The predicted molar refractivity (Wildman–Crippen MR) is 77.2 cm³/mol. The third kappa shape index (κ3) is 4.45. The fourth-order valence-electron chi connectivity index (χ4n) is 2.20. The van der Waals surface area contributed by atoms with Crippen molar-refractivity contribution in [2.24, 2.45) is 0 Å². The number of aromatic nitrogens is 2. The molecular formula is C15H21N3O2. The van der Waals surface area contributed by atoms with Crippen LogP contribution in [0.2, 0.25) is 0 Å². The summed E-state index contributed by atoms with van der Waals surface area (Å²) in [7, 11) is 1.93. The summed E-state index contributed by atoms with van der Waals surface area (Å²) in [5.74, 6) is 0. The van der Waals surface area contributed by atoms with E-state index in [1.54, 1.807) is 6.20 Å². The SMILES string of the molecule is CN(Cc1cccc(Cn2cccn2)c1)CC(O)CO. The molecule has 5 heteroatoms. The summed E-state index contributed by atoms with van der Waals surface area (Å²) >= 11 is 0. The highest BCUT2D eigenvalue weighted by Gasteiger charge is 2.07. The van der Waals surface area contributed by atoms with Crippen LogP contribution in [0.25, 0.3) is 0 Å². The first kappa shape index (κ1) is 14.7. The first-order valence-electron chi connectivity index (χ1n) is 6.70. The molecule has 0 aliphatic rings. The van der Waals surface area contributed by atoms with E-state index in [2.05, 4.69) is 23.3 Å². The maximum absolute atomic E-state index is 9.43. The number of hydrogen-bond acceptors (Lipinski definition) is 4. The van der Waals surface area contributed by atoms with E-state index in [0.717, 1.165) is 13.1 Å². The summed E-state index contributed by atoms with van der Waals surface area (Å²) in [4.78, 5) is 1.99. The molecule has 1 unspecified atom stereocenters. The van der Waals surface area contributed by atoms with Crippen molar-refractivity contribution in [1.29, 1.82) is 0 Å². The molecule has 0 radical (unpaired) electrons. The molecule has 0 aliphatic heterocycles. The van der Waals surface area contributed by atoms with E-state index in [1.807, 2.05) is 35.0 Å². The van der Waals surface area contributed by atoms with Gasteiger partial charge in [0.25, 0.3) is 0 Å². The lowest BCUT2D eigenvalue weighted by molar-refractivity contribution is 0.0648. The standard InChI is InChI=1S/C15H21N3O2/c1-17(11-15(20)12-19)9-13-4-2-5-14(8-13)10-18-7-3-6-16-18/h2-8,15,19-20H,9-12H2,1H3. The molecule has 0 saturated heterocycles. The number of aliphatic hydroxyl groups is 2. The molecule has 1 atom stereocenters. The van der Waals surface area contributed by atoms with Gasteiger partial charge in [0.05, 0.1) is 19.3 Å². The van der Waals surface area contributed by atoms with E-state index in [9.17, 15) is 5.11 Å². The van der Waals surface area contributed by atoms with E-state index >= 15 is 0 Å². The molecule has 2 aromatic rings. The molecule has 1 heterocycles. The molecule has 1 aromatic heterocycles. The Morgan fingerprint density at radius 3 is 2.80 bits per heavy atom. The van der Waals surface area contributed by atoms with E-state index in [1.165, 1.54) is 11.1 Å². The average Bonchev–Trinajstić information content (AvgIpc) is 2.91. The Morgan fingerprint density at radius 2 is 2.10 bits per heavy atom. The summed E-state index contributed by atoms with van der Waals surface area (Å²) in [5, 5.41) is 22.5. The van der Waals surface area contributed by atoms with Crippen LogP contribution in [0.5, 0.6) is 0 Å². The number of benzene rings is 1. The second kappa shape index (κ2) is 7.19.